The van der Waals surface area contributed by atoms with Crippen molar-refractivity contribution in [2.45, 2.75) is 52.2 Å². The maximum atomic E-state index is 13.0. The highest BCUT2D eigenvalue weighted by molar-refractivity contribution is 9.10. The first-order valence-corrected chi connectivity index (χ1v) is 11.2. The van der Waals surface area contributed by atoms with E-state index in [0.29, 0.717) is 26.0 Å². The van der Waals surface area contributed by atoms with Crippen molar-refractivity contribution in [1.29, 1.82) is 0 Å². The number of halogens is 1. The molecule has 0 bridgehead atoms. The number of hydrogen-bond donors (Lipinski definition) is 1. The Balaban J connectivity index is 1.97. The van der Waals surface area contributed by atoms with E-state index in [1.54, 1.807) is 18.9 Å². The minimum absolute atomic E-state index is 0.0116. The van der Waals surface area contributed by atoms with Gasteiger partial charge in [-0.2, -0.15) is 0 Å². The lowest BCUT2D eigenvalue weighted by Crippen LogP contribution is -2.49. The highest BCUT2D eigenvalue weighted by Gasteiger charge is 2.26. The molecule has 0 saturated carbocycles. The molecule has 0 spiro atoms. The molecule has 2 amide bonds. The molecule has 1 N–H and O–H groups in total. The van der Waals surface area contributed by atoms with E-state index in [2.05, 4.69) is 21.2 Å². The number of methoxy groups -OCH3 is 1. The molecule has 168 valence electrons. The Morgan fingerprint density at radius 1 is 1.00 bits per heavy atom. The van der Waals surface area contributed by atoms with Crippen molar-refractivity contribution in [3.05, 3.63) is 58.6 Å². The van der Waals surface area contributed by atoms with Crippen LogP contribution in [0.5, 0.6) is 11.5 Å². The fourth-order valence-corrected chi connectivity index (χ4v) is 3.27. The van der Waals surface area contributed by atoms with E-state index in [0.717, 1.165) is 21.5 Å². The Morgan fingerprint density at radius 3 is 2.19 bits per heavy atom. The first kappa shape index (κ1) is 24.7. The van der Waals surface area contributed by atoms with Crippen LogP contribution in [-0.4, -0.2) is 42.5 Å². The maximum Gasteiger partial charge on any atom is 0.242 e. The van der Waals surface area contributed by atoms with E-state index in [1.165, 1.54) is 0 Å². The summed E-state index contributed by atoms with van der Waals surface area (Å²) in [6.07, 6.45) is 0.853. The number of nitrogens with one attached hydrogen (secondary N) is 1. The van der Waals surface area contributed by atoms with Gasteiger partial charge in [-0.05, 0) is 69.2 Å². The SMILES string of the molecule is COc1ccc(OCCCC(=O)N(Cc2ccc(Br)cc2)[C@H](C)C(=O)NC(C)C)cc1. The van der Waals surface area contributed by atoms with Crippen LogP contribution in [0.25, 0.3) is 0 Å². The Kier molecular flexibility index (Phi) is 9.85. The summed E-state index contributed by atoms with van der Waals surface area (Å²) >= 11 is 3.42. The van der Waals surface area contributed by atoms with E-state index in [1.807, 2.05) is 62.4 Å². The third kappa shape index (κ3) is 8.25. The molecule has 7 heteroatoms. The summed E-state index contributed by atoms with van der Waals surface area (Å²) in [6, 6.07) is 14.5. The molecule has 0 aliphatic carbocycles. The van der Waals surface area contributed by atoms with Crippen LogP contribution in [0.4, 0.5) is 0 Å². The number of hydrogen-bond acceptors (Lipinski definition) is 4. The van der Waals surface area contributed by atoms with Gasteiger partial charge in [-0.15, -0.1) is 0 Å². The van der Waals surface area contributed by atoms with Crippen LogP contribution < -0.4 is 14.8 Å². The largest absolute Gasteiger partial charge is 0.497 e. The standard InChI is InChI=1S/C24H31BrN2O4/c1-17(2)26-24(29)18(3)27(16-19-7-9-20(25)10-8-19)23(28)6-5-15-31-22-13-11-21(30-4)12-14-22/h7-14,17-18H,5-6,15-16H2,1-4H3,(H,26,29)/t18-/m1/s1. The molecule has 31 heavy (non-hydrogen) atoms. The van der Waals surface area contributed by atoms with Gasteiger partial charge in [0.2, 0.25) is 11.8 Å². The molecule has 1 atom stereocenters. The minimum atomic E-state index is -0.568. The van der Waals surface area contributed by atoms with Crippen LogP contribution in [0.3, 0.4) is 0 Å². The lowest BCUT2D eigenvalue weighted by molar-refractivity contribution is -0.141. The summed E-state index contributed by atoms with van der Waals surface area (Å²) in [4.78, 5) is 27.2. The van der Waals surface area contributed by atoms with Gasteiger partial charge in [0.05, 0.1) is 13.7 Å². The minimum Gasteiger partial charge on any atom is -0.497 e. The lowest BCUT2D eigenvalue weighted by atomic mass is 10.1. The van der Waals surface area contributed by atoms with Crippen molar-refractivity contribution in [3.63, 3.8) is 0 Å². The van der Waals surface area contributed by atoms with Crippen LogP contribution >= 0.6 is 15.9 Å². The first-order valence-electron chi connectivity index (χ1n) is 10.4. The summed E-state index contributed by atoms with van der Waals surface area (Å²) in [7, 11) is 1.62. The molecular formula is C24H31BrN2O4. The number of amides is 2. The molecule has 0 aromatic heterocycles. The Morgan fingerprint density at radius 2 is 1.61 bits per heavy atom. The van der Waals surface area contributed by atoms with E-state index >= 15 is 0 Å². The average Bonchev–Trinajstić information content (AvgIpc) is 2.75. The second-order valence-electron chi connectivity index (χ2n) is 7.61. The van der Waals surface area contributed by atoms with Crippen LogP contribution in [0.15, 0.2) is 53.0 Å². The zero-order valence-electron chi connectivity index (χ0n) is 18.6. The first-order chi connectivity index (χ1) is 14.8. The van der Waals surface area contributed by atoms with Gasteiger partial charge in [0.15, 0.2) is 0 Å². The molecule has 2 rings (SSSR count). The number of nitrogens with zero attached hydrogens (tertiary/aromatic N) is 1. The summed E-state index contributed by atoms with van der Waals surface area (Å²) in [5.74, 6) is 1.26. The van der Waals surface area contributed by atoms with Gasteiger partial charge in [-0.25, -0.2) is 0 Å². The van der Waals surface area contributed by atoms with Gasteiger partial charge >= 0.3 is 0 Å². The van der Waals surface area contributed by atoms with Gasteiger partial charge in [-0.1, -0.05) is 28.1 Å². The van der Waals surface area contributed by atoms with Crippen molar-refractivity contribution in [2.24, 2.45) is 0 Å². The summed E-state index contributed by atoms with van der Waals surface area (Å²) in [6.45, 7) is 6.36. The smallest absolute Gasteiger partial charge is 0.242 e. The van der Waals surface area contributed by atoms with Crippen molar-refractivity contribution in [3.8, 4) is 11.5 Å². The Hall–Kier alpha value is -2.54. The van der Waals surface area contributed by atoms with Crippen molar-refractivity contribution in [1.82, 2.24) is 10.2 Å². The zero-order chi connectivity index (χ0) is 22.8. The summed E-state index contributed by atoms with van der Waals surface area (Å²) < 4.78 is 11.8. The molecule has 2 aromatic rings. The average molecular weight is 491 g/mol. The highest BCUT2D eigenvalue weighted by Crippen LogP contribution is 2.18. The summed E-state index contributed by atoms with van der Waals surface area (Å²) in [5.41, 5.74) is 0.968. The number of rotatable bonds is 11. The highest BCUT2D eigenvalue weighted by atomic mass is 79.9. The van der Waals surface area contributed by atoms with Crippen molar-refractivity contribution < 1.29 is 19.1 Å². The van der Waals surface area contributed by atoms with Crippen LogP contribution in [0, 0.1) is 0 Å². The predicted octanol–water partition coefficient (Wildman–Crippen LogP) is 4.56. The number of carbonyl (C=O) groups excluding carboxylic acids is 2. The van der Waals surface area contributed by atoms with E-state index in [-0.39, 0.29) is 17.9 Å². The van der Waals surface area contributed by atoms with Gasteiger partial charge in [0.25, 0.3) is 0 Å². The van der Waals surface area contributed by atoms with Crippen molar-refractivity contribution in [2.75, 3.05) is 13.7 Å². The van der Waals surface area contributed by atoms with Crippen LogP contribution in [0.2, 0.25) is 0 Å². The van der Waals surface area contributed by atoms with E-state index in [4.69, 9.17) is 9.47 Å². The fraction of sp³-hybridized carbons (Fsp3) is 0.417. The molecule has 0 aliphatic rings. The monoisotopic (exact) mass is 490 g/mol. The zero-order valence-corrected chi connectivity index (χ0v) is 20.1. The molecule has 0 heterocycles. The molecular weight excluding hydrogens is 460 g/mol. The second kappa shape index (κ2) is 12.3. The maximum absolute atomic E-state index is 13.0. The molecule has 0 unspecified atom stereocenters. The van der Waals surface area contributed by atoms with E-state index in [9.17, 15) is 9.59 Å². The molecule has 6 nitrogen and oxygen atoms in total. The van der Waals surface area contributed by atoms with Gasteiger partial charge < -0.3 is 19.7 Å². The Bertz CT molecular complexity index is 838. The van der Waals surface area contributed by atoms with E-state index < -0.39 is 6.04 Å². The predicted molar refractivity (Wildman–Crippen MR) is 125 cm³/mol. The molecule has 0 radical (unpaired) electrons. The van der Waals surface area contributed by atoms with Crippen molar-refractivity contribution >= 4 is 27.7 Å². The summed E-state index contributed by atoms with van der Waals surface area (Å²) in [5, 5.41) is 2.90. The second-order valence-corrected chi connectivity index (χ2v) is 8.53. The van der Waals surface area contributed by atoms with Crippen LogP contribution in [-0.2, 0) is 16.1 Å². The molecule has 0 fully saturated rings. The Labute approximate surface area is 193 Å². The number of carbonyl (C=O) groups is 2. The van der Waals surface area contributed by atoms with Crippen LogP contribution in [0.1, 0.15) is 39.2 Å². The number of ether oxygens (including phenoxy) is 2. The molecule has 0 aliphatic heterocycles. The van der Waals surface area contributed by atoms with Gasteiger partial charge in [0, 0.05) is 23.5 Å². The third-order valence-electron chi connectivity index (χ3n) is 4.73. The number of benzene rings is 2. The fourth-order valence-electron chi connectivity index (χ4n) is 3.00. The quantitative estimate of drug-likeness (QED) is 0.468. The van der Waals surface area contributed by atoms with Gasteiger partial charge in [0.1, 0.15) is 17.5 Å². The lowest BCUT2D eigenvalue weighted by Gasteiger charge is -2.29. The normalized spacial score (nSPS) is 11.7. The molecule has 2 aromatic carbocycles. The molecule has 0 saturated heterocycles. The van der Waals surface area contributed by atoms with Gasteiger partial charge in [-0.3, -0.25) is 9.59 Å². The third-order valence-corrected chi connectivity index (χ3v) is 5.26. The topological polar surface area (TPSA) is 67.9 Å².